The summed E-state index contributed by atoms with van der Waals surface area (Å²) in [5, 5.41) is 9.83. The standard InChI is InChI=1S/C10H8FN3O/c11-9-1-7(2-12-5-9)10(15)8-3-13-6-14-4-8/h1-6,10,15H. The Balaban J connectivity index is 2.32. The molecule has 0 saturated carbocycles. The number of aromatic nitrogens is 3. The van der Waals surface area contributed by atoms with Gasteiger partial charge in [0.2, 0.25) is 0 Å². The van der Waals surface area contributed by atoms with Gasteiger partial charge in [0.15, 0.2) is 0 Å². The Hall–Kier alpha value is -1.88. The van der Waals surface area contributed by atoms with Gasteiger partial charge >= 0.3 is 0 Å². The van der Waals surface area contributed by atoms with E-state index in [2.05, 4.69) is 15.0 Å². The number of halogens is 1. The van der Waals surface area contributed by atoms with Gasteiger partial charge in [-0.15, -0.1) is 0 Å². The molecule has 76 valence electrons. The molecule has 1 N–H and O–H groups in total. The van der Waals surface area contributed by atoms with Gasteiger partial charge in [0.05, 0.1) is 6.20 Å². The summed E-state index contributed by atoms with van der Waals surface area (Å²) >= 11 is 0. The third-order valence-corrected chi connectivity index (χ3v) is 1.94. The molecule has 0 bridgehead atoms. The molecule has 1 unspecified atom stereocenters. The van der Waals surface area contributed by atoms with Crippen molar-refractivity contribution in [1.29, 1.82) is 0 Å². The first kappa shape index (κ1) is 9.67. The van der Waals surface area contributed by atoms with Crippen LogP contribution in [0.2, 0.25) is 0 Å². The molecule has 5 heteroatoms. The average molecular weight is 205 g/mol. The summed E-state index contributed by atoms with van der Waals surface area (Å²) in [6, 6.07) is 1.23. The van der Waals surface area contributed by atoms with E-state index in [1.165, 1.54) is 31.0 Å². The normalized spacial score (nSPS) is 12.4. The Morgan fingerprint density at radius 3 is 2.33 bits per heavy atom. The van der Waals surface area contributed by atoms with Crippen LogP contribution in [0, 0.1) is 5.82 Å². The number of aliphatic hydroxyl groups excluding tert-OH is 1. The molecule has 15 heavy (non-hydrogen) atoms. The molecule has 4 nitrogen and oxygen atoms in total. The first-order chi connectivity index (χ1) is 7.27. The van der Waals surface area contributed by atoms with Gasteiger partial charge in [-0.3, -0.25) is 4.98 Å². The molecule has 2 aromatic rings. The molecular weight excluding hydrogens is 197 g/mol. The molecule has 0 aromatic carbocycles. The maximum Gasteiger partial charge on any atom is 0.141 e. The van der Waals surface area contributed by atoms with E-state index in [1.54, 1.807) is 0 Å². The van der Waals surface area contributed by atoms with E-state index < -0.39 is 11.9 Å². The molecular formula is C10H8FN3O. The number of aliphatic hydroxyl groups is 1. The molecule has 0 aliphatic carbocycles. The Kier molecular flexibility index (Phi) is 2.64. The fraction of sp³-hybridized carbons (Fsp3) is 0.100. The molecule has 0 spiro atoms. The Labute approximate surface area is 85.5 Å². The highest BCUT2D eigenvalue weighted by molar-refractivity contribution is 5.23. The zero-order valence-corrected chi connectivity index (χ0v) is 7.71. The van der Waals surface area contributed by atoms with Gasteiger partial charge in [0.25, 0.3) is 0 Å². The summed E-state index contributed by atoms with van der Waals surface area (Å²) in [4.78, 5) is 11.2. The van der Waals surface area contributed by atoms with Gasteiger partial charge in [0.1, 0.15) is 18.2 Å². The number of hydrogen-bond acceptors (Lipinski definition) is 4. The van der Waals surface area contributed by atoms with Crippen LogP contribution in [0.5, 0.6) is 0 Å². The van der Waals surface area contributed by atoms with E-state index in [1.807, 2.05) is 0 Å². The molecule has 0 saturated heterocycles. The summed E-state index contributed by atoms with van der Waals surface area (Å²) in [7, 11) is 0. The van der Waals surface area contributed by atoms with E-state index >= 15 is 0 Å². The highest BCUT2D eigenvalue weighted by atomic mass is 19.1. The summed E-state index contributed by atoms with van der Waals surface area (Å²) < 4.78 is 12.8. The second-order valence-corrected chi connectivity index (χ2v) is 3.01. The number of pyridine rings is 1. The molecule has 2 aromatic heterocycles. The van der Waals surface area contributed by atoms with E-state index in [0.717, 1.165) is 6.20 Å². The van der Waals surface area contributed by atoms with Crippen molar-refractivity contribution in [2.75, 3.05) is 0 Å². The topological polar surface area (TPSA) is 58.9 Å². The van der Waals surface area contributed by atoms with E-state index in [-0.39, 0.29) is 0 Å². The smallest absolute Gasteiger partial charge is 0.141 e. The van der Waals surface area contributed by atoms with Gasteiger partial charge in [0, 0.05) is 29.7 Å². The fourth-order valence-electron chi connectivity index (χ4n) is 1.22. The zero-order valence-electron chi connectivity index (χ0n) is 7.71. The van der Waals surface area contributed by atoms with Crippen LogP contribution in [0.4, 0.5) is 4.39 Å². The van der Waals surface area contributed by atoms with Gasteiger partial charge in [-0.25, -0.2) is 14.4 Å². The largest absolute Gasteiger partial charge is 0.383 e. The lowest BCUT2D eigenvalue weighted by Crippen LogP contribution is -2.01. The minimum Gasteiger partial charge on any atom is -0.383 e. The van der Waals surface area contributed by atoms with Crippen molar-refractivity contribution in [3.05, 3.63) is 54.1 Å². The predicted octanol–water partition coefficient (Wildman–Crippen LogP) is 1.09. The molecule has 2 rings (SSSR count). The first-order valence-corrected chi connectivity index (χ1v) is 4.31. The summed E-state index contributed by atoms with van der Waals surface area (Å²) in [6.45, 7) is 0. The van der Waals surface area contributed by atoms with E-state index in [9.17, 15) is 9.50 Å². The maximum absolute atomic E-state index is 12.8. The van der Waals surface area contributed by atoms with Crippen LogP contribution >= 0.6 is 0 Å². The number of nitrogens with zero attached hydrogens (tertiary/aromatic N) is 3. The van der Waals surface area contributed by atoms with Gasteiger partial charge in [-0.1, -0.05) is 0 Å². The molecule has 2 heterocycles. The molecule has 0 aliphatic rings. The minimum absolute atomic E-state index is 0.379. The molecule has 0 fully saturated rings. The van der Waals surface area contributed by atoms with E-state index in [0.29, 0.717) is 11.1 Å². The van der Waals surface area contributed by atoms with Gasteiger partial charge in [-0.2, -0.15) is 0 Å². The van der Waals surface area contributed by atoms with Crippen molar-refractivity contribution >= 4 is 0 Å². The van der Waals surface area contributed by atoms with Crippen LogP contribution in [-0.2, 0) is 0 Å². The van der Waals surface area contributed by atoms with Gasteiger partial charge < -0.3 is 5.11 Å². The Bertz CT molecular complexity index is 449. The SMILES string of the molecule is OC(c1cncnc1)c1cncc(F)c1. The minimum atomic E-state index is -0.950. The van der Waals surface area contributed by atoms with Crippen molar-refractivity contribution in [2.45, 2.75) is 6.10 Å². The lowest BCUT2D eigenvalue weighted by atomic mass is 10.1. The lowest BCUT2D eigenvalue weighted by Gasteiger charge is -2.09. The van der Waals surface area contributed by atoms with Crippen LogP contribution < -0.4 is 0 Å². The highest BCUT2D eigenvalue weighted by Crippen LogP contribution is 2.19. The van der Waals surface area contributed by atoms with Crippen LogP contribution in [0.3, 0.4) is 0 Å². The predicted molar refractivity (Wildman–Crippen MR) is 50.3 cm³/mol. The number of rotatable bonds is 2. The number of hydrogen-bond donors (Lipinski definition) is 1. The summed E-state index contributed by atoms with van der Waals surface area (Å²) in [5.74, 6) is -0.483. The van der Waals surface area contributed by atoms with Crippen LogP contribution in [0.15, 0.2) is 37.2 Å². The molecule has 1 atom stereocenters. The lowest BCUT2D eigenvalue weighted by molar-refractivity contribution is 0.218. The quantitative estimate of drug-likeness (QED) is 0.797. The molecule has 0 amide bonds. The average Bonchev–Trinajstić information content (AvgIpc) is 2.29. The van der Waals surface area contributed by atoms with Crippen molar-refractivity contribution in [3.8, 4) is 0 Å². The third kappa shape index (κ3) is 2.13. The van der Waals surface area contributed by atoms with Crippen LogP contribution in [0.25, 0.3) is 0 Å². The first-order valence-electron chi connectivity index (χ1n) is 4.31. The summed E-state index contributed by atoms with van der Waals surface area (Å²) in [6.07, 6.45) is 5.85. The second-order valence-electron chi connectivity index (χ2n) is 3.01. The Morgan fingerprint density at radius 1 is 1.00 bits per heavy atom. The van der Waals surface area contributed by atoms with Crippen molar-refractivity contribution in [2.24, 2.45) is 0 Å². The van der Waals surface area contributed by atoms with E-state index in [4.69, 9.17) is 0 Å². The molecule has 0 aliphatic heterocycles. The van der Waals surface area contributed by atoms with Crippen molar-refractivity contribution in [1.82, 2.24) is 15.0 Å². The Morgan fingerprint density at radius 2 is 1.67 bits per heavy atom. The third-order valence-electron chi connectivity index (χ3n) is 1.94. The van der Waals surface area contributed by atoms with Gasteiger partial charge in [-0.05, 0) is 6.07 Å². The van der Waals surface area contributed by atoms with Crippen LogP contribution in [0.1, 0.15) is 17.2 Å². The summed E-state index contributed by atoms with van der Waals surface area (Å²) in [5.41, 5.74) is 0.884. The monoisotopic (exact) mass is 205 g/mol. The molecule has 0 radical (unpaired) electrons. The highest BCUT2D eigenvalue weighted by Gasteiger charge is 2.11. The maximum atomic E-state index is 12.8. The second kappa shape index (κ2) is 4.10. The zero-order chi connectivity index (χ0) is 10.7. The van der Waals surface area contributed by atoms with Crippen molar-refractivity contribution < 1.29 is 9.50 Å². The van der Waals surface area contributed by atoms with Crippen molar-refractivity contribution in [3.63, 3.8) is 0 Å². The fourth-order valence-corrected chi connectivity index (χ4v) is 1.22. The van der Waals surface area contributed by atoms with Crippen LogP contribution in [-0.4, -0.2) is 20.1 Å².